The van der Waals surface area contributed by atoms with Gasteiger partial charge in [0.15, 0.2) is 0 Å². The van der Waals surface area contributed by atoms with E-state index in [2.05, 4.69) is 5.32 Å². The SMILES string of the molecule is COc1cc(C(=O)O)ccc1CCNC(=O)C1C2CCCC21. The fourth-order valence-electron chi connectivity index (χ4n) is 3.73. The third kappa shape index (κ3) is 2.80. The van der Waals surface area contributed by atoms with Gasteiger partial charge in [0, 0.05) is 12.5 Å². The Morgan fingerprint density at radius 2 is 2.05 bits per heavy atom. The Labute approximate surface area is 129 Å². The number of carboxylic acids is 1. The van der Waals surface area contributed by atoms with Crippen LogP contribution in [-0.4, -0.2) is 30.6 Å². The molecule has 2 fully saturated rings. The summed E-state index contributed by atoms with van der Waals surface area (Å²) in [6, 6.07) is 4.83. The zero-order chi connectivity index (χ0) is 15.7. The van der Waals surface area contributed by atoms with E-state index in [0.29, 0.717) is 30.6 Å². The number of hydrogen-bond donors (Lipinski definition) is 2. The standard InChI is InChI=1S/C17H21NO4/c1-22-14-9-11(17(20)21)6-5-10(14)7-8-18-16(19)15-12-3-2-4-13(12)15/h5-6,9,12-13,15H,2-4,7-8H2,1H3,(H,18,19)(H,20,21). The molecule has 2 aliphatic rings. The van der Waals surface area contributed by atoms with Gasteiger partial charge in [-0.2, -0.15) is 0 Å². The normalized spacial score (nSPS) is 25.4. The molecule has 5 heteroatoms. The number of carboxylic acid groups (broad SMARTS) is 1. The zero-order valence-corrected chi connectivity index (χ0v) is 12.7. The zero-order valence-electron chi connectivity index (χ0n) is 12.7. The van der Waals surface area contributed by atoms with Crippen LogP contribution in [0.15, 0.2) is 18.2 Å². The first-order valence-corrected chi connectivity index (χ1v) is 7.79. The van der Waals surface area contributed by atoms with Crippen LogP contribution < -0.4 is 10.1 Å². The predicted octanol–water partition coefficient (Wildman–Crippen LogP) is 2.10. The molecule has 3 rings (SSSR count). The van der Waals surface area contributed by atoms with E-state index in [9.17, 15) is 9.59 Å². The Kier molecular flexibility index (Phi) is 4.05. The molecule has 0 aliphatic heterocycles. The number of aromatic carboxylic acids is 1. The highest BCUT2D eigenvalue weighted by molar-refractivity contribution is 5.88. The molecule has 1 aromatic rings. The molecule has 22 heavy (non-hydrogen) atoms. The molecule has 0 saturated heterocycles. The highest BCUT2D eigenvalue weighted by Crippen LogP contribution is 2.57. The fourth-order valence-corrected chi connectivity index (χ4v) is 3.73. The third-order valence-electron chi connectivity index (χ3n) is 4.94. The van der Waals surface area contributed by atoms with E-state index in [1.54, 1.807) is 12.1 Å². The molecule has 0 spiro atoms. The summed E-state index contributed by atoms with van der Waals surface area (Å²) >= 11 is 0. The van der Waals surface area contributed by atoms with Crippen LogP contribution in [0.1, 0.15) is 35.2 Å². The second kappa shape index (κ2) is 5.99. The molecule has 2 unspecified atom stereocenters. The summed E-state index contributed by atoms with van der Waals surface area (Å²) in [5.41, 5.74) is 1.11. The summed E-state index contributed by atoms with van der Waals surface area (Å²) in [7, 11) is 1.52. The summed E-state index contributed by atoms with van der Waals surface area (Å²) in [5.74, 6) is 1.26. The number of carbonyl (C=O) groups is 2. The van der Waals surface area contributed by atoms with Crippen molar-refractivity contribution in [3.8, 4) is 5.75 Å². The largest absolute Gasteiger partial charge is 0.496 e. The Morgan fingerprint density at radius 1 is 1.32 bits per heavy atom. The molecule has 2 N–H and O–H groups in total. The maximum absolute atomic E-state index is 12.1. The summed E-state index contributed by atoms with van der Waals surface area (Å²) in [5, 5.41) is 12.0. The highest BCUT2D eigenvalue weighted by atomic mass is 16.5. The predicted molar refractivity (Wildman–Crippen MR) is 81.0 cm³/mol. The first kappa shape index (κ1) is 14.9. The van der Waals surface area contributed by atoms with Gasteiger partial charge in [0.1, 0.15) is 5.75 Å². The summed E-state index contributed by atoms with van der Waals surface area (Å²) in [6.07, 6.45) is 4.31. The summed E-state index contributed by atoms with van der Waals surface area (Å²) in [6.45, 7) is 0.553. The number of benzene rings is 1. The highest BCUT2D eigenvalue weighted by Gasteiger charge is 2.56. The maximum Gasteiger partial charge on any atom is 0.335 e. The minimum atomic E-state index is -0.974. The van der Waals surface area contributed by atoms with Crippen molar-refractivity contribution in [3.05, 3.63) is 29.3 Å². The number of fused-ring (bicyclic) bond motifs is 1. The van der Waals surface area contributed by atoms with Crippen molar-refractivity contribution in [2.75, 3.05) is 13.7 Å². The summed E-state index contributed by atoms with van der Waals surface area (Å²) in [4.78, 5) is 23.0. The second-order valence-electron chi connectivity index (χ2n) is 6.16. The van der Waals surface area contributed by atoms with Crippen molar-refractivity contribution < 1.29 is 19.4 Å². The van der Waals surface area contributed by atoms with Gasteiger partial charge in [0.25, 0.3) is 0 Å². The van der Waals surface area contributed by atoms with Crippen molar-refractivity contribution in [1.29, 1.82) is 0 Å². The van der Waals surface area contributed by atoms with Gasteiger partial charge in [-0.1, -0.05) is 12.5 Å². The van der Waals surface area contributed by atoms with E-state index < -0.39 is 5.97 Å². The second-order valence-corrected chi connectivity index (χ2v) is 6.16. The lowest BCUT2D eigenvalue weighted by molar-refractivity contribution is -0.123. The van der Waals surface area contributed by atoms with Crippen LogP contribution in [0, 0.1) is 17.8 Å². The number of rotatable bonds is 6. The molecule has 1 aromatic carbocycles. The number of ether oxygens (including phenoxy) is 1. The van der Waals surface area contributed by atoms with Gasteiger partial charge < -0.3 is 15.2 Å². The molecule has 118 valence electrons. The van der Waals surface area contributed by atoms with Crippen LogP contribution in [-0.2, 0) is 11.2 Å². The quantitative estimate of drug-likeness (QED) is 0.844. The Morgan fingerprint density at radius 3 is 2.68 bits per heavy atom. The molecule has 0 aromatic heterocycles. The van der Waals surface area contributed by atoms with E-state index in [-0.39, 0.29) is 17.4 Å². The van der Waals surface area contributed by atoms with Crippen molar-refractivity contribution >= 4 is 11.9 Å². The van der Waals surface area contributed by atoms with Crippen molar-refractivity contribution in [2.45, 2.75) is 25.7 Å². The minimum absolute atomic E-state index is 0.177. The summed E-state index contributed by atoms with van der Waals surface area (Å²) < 4.78 is 5.24. The fraction of sp³-hybridized carbons (Fsp3) is 0.529. The van der Waals surface area contributed by atoms with E-state index in [1.165, 1.54) is 32.4 Å². The van der Waals surface area contributed by atoms with Gasteiger partial charge in [-0.25, -0.2) is 4.79 Å². The van der Waals surface area contributed by atoms with Crippen LogP contribution in [0.5, 0.6) is 5.75 Å². The molecular weight excluding hydrogens is 282 g/mol. The first-order valence-electron chi connectivity index (χ1n) is 7.79. The third-order valence-corrected chi connectivity index (χ3v) is 4.94. The Bertz CT molecular complexity index is 588. The lowest BCUT2D eigenvalue weighted by Crippen LogP contribution is -2.28. The molecule has 1 amide bonds. The number of nitrogens with one attached hydrogen (secondary N) is 1. The van der Waals surface area contributed by atoms with E-state index in [1.807, 2.05) is 0 Å². The minimum Gasteiger partial charge on any atom is -0.496 e. The molecule has 0 heterocycles. The number of carbonyl (C=O) groups excluding carboxylic acids is 1. The van der Waals surface area contributed by atoms with Gasteiger partial charge in [-0.15, -0.1) is 0 Å². The van der Waals surface area contributed by atoms with Gasteiger partial charge in [0.2, 0.25) is 5.91 Å². The molecule has 5 nitrogen and oxygen atoms in total. The maximum atomic E-state index is 12.1. The van der Waals surface area contributed by atoms with Crippen LogP contribution in [0.4, 0.5) is 0 Å². The molecule has 2 aliphatic carbocycles. The number of methoxy groups -OCH3 is 1. The van der Waals surface area contributed by atoms with E-state index >= 15 is 0 Å². The van der Waals surface area contributed by atoms with Crippen molar-refractivity contribution in [3.63, 3.8) is 0 Å². The lowest BCUT2D eigenvalue weighted by Gasteiger charge is -2.11. The monoisotopic (exact) mass is 303 g/mol. The van der Waals surface area contributed by atoms with Gasteiger partial charge in [0.05, 0.1) is 12.7 Å². The van der Waals surface area contributed by atoms with E-state index in [4.69, 9.17) is 9.84 Å². The average Bonchev–Trinajstić information content (AvgIpc) is 3.00. The van der Waals surface area contributed by atoms with Crippen molar-refractivity contribution in [1.82, 2.24) is 5.32 Å². The molecule has 2 saturated carbocycles. The van der Waals surface area contributed by atoms with Crippen LogP contribution in [0.3, 0.4) is 0 Å². The van der Waals surface area contributed by atoms with Crippen LogP contribution >= 0.6 is 0 Å². The first-order chi connectivity index (χ1) is 10.6. The van der Waals surface area contributed by atoms with Crippen molar-refractivity contribution in [2.24, 2.45) is 17.8 Å². The van der Waals surface area contributed by atoms with Crippen LogP contribution in [0.2, 0.25) is 0 Å². The Hall–Kier alpha value is -2.04. The molecular formula is C17H21NO4. The lowest BCUT2D eigenvalue weighted by atomic mass is 10.1. The van der Waals surface area contributed by atoms with Crippen LogP contribution in [0.25, 0.3) is 0 Å². The number of hydrogen-bond acceptors (Lipinski definition) is 3. The smallest absolute Gasteiger partial charge is 0.335 e. The number of amides is 1. The topological polar surface area (TPSA) is 75.6 Å². The van der Waals surface area contributed by atoms with Gasteiger partial charge in [-0.05, 0) is 48.8 Å². The molecule has 2 atom stereocenters. The molecule has 0 bridgehead atoms. The average molecular weight is 303 g/mol. The van der Waals surface area contributed by atoms with E-state index in [0.717, 1.165) is 5.56 Å². The van der Waals surface area contributed by atoms with Gasteiger partial charge in [-0.3, -0.25) is 4.79 Å². The van der Waals surface area contributed by atoms with Gasteiger partial charge >= 0.3 is 5.97 Å². The molecule has 0 radical (unpaired) electrons. The Balaban J connectivity index is 1.53.